The molecule has 0 heterocycles. The van der Waals surface area contributed by atoms with Crippen LogP contribution in [0.25, 0.3) is 5.57 Å². The molecule has 2 rings (SSSR count). The Morgan fingerprint density at radius 2 is 1.96 bits per heavy atom. The summed E-state index contributed by atoms with van der Waals surface area (Å²) in [6, 6.07) is 13.1. The van der Waals surface area contributed by atoms with Gasteiger partial charge in [0.25, 0.3) is 5.69 Å². The highest BCUT2D eigenvalue weighted by Gasteiger charge is 2.15. The maximum absolute atomic E-state index is 12.0. The van der Waals surface area contributed by atoms with Gasteiger partial charge in [0.15, 0.2) is 0 Å². The van der Waals surface area contributed by atoms with Crippen LogP contribution >= 0.6 is 0 Å². The van der Waals surface area contributed by atoms with Crippen LogP contribution in [-0.4, -0.2) is 31.3 Å². The lowest BCUT2D eigenvalue weighted by molar-refractivity contribution is -0.384. The summed E-state index contributed by atoms with van der Waals surface area (Å²) in [5.41, 5.74) is 2.02. The monoisotopic (exact) mass is 370 g/mol. The van der Waals surface area contributed by atoms with Gasteiger partial charge in [0.05, 0.1) is 31.6 Å². The molecular formula is C19H18N2O6. The number of non-ortho nitro benzene ring substituents is 1. The van der Waals surface area contributed by atoms with Gasteiger partial charge < -0.3 is 14.3 Å². The van der Waals surface area contributed by atoms with Crippen LogP contribution in [0.2, 0.25) is 0 Å². The highest BCUT2D eigenvalue weighted by molar-refractivity contribution is 6.18. The second-order valence-electron chi connectivity index (χ2n) is 5.28. The van der Waals surface area contributed by atoms with E-state index in [1.165, 1.54) is 38.8 Å². The Labute approximate surface area is 155 Å². The van der Waals surface area contributed by atoms with E-state index >= 15 is 0 Å². The standard InChI is InChI=1S/C19H18N2O6/c1-25-13-18(19(22)26-2)17-9-4-3-7-15(17)11-20-27-12-14-6-5-8-16(10-14)21(23)24/h3-11,13H,12H2,1-2H3/b18-13+,20-11+. The summed E-state index contributed by atoms with van der Waals surface area (Å²) >= 11 is 0. The Kier molecular flexibility index (Phi) is 7.07. The fraction of sp³-hybridized carbons (Fsp3) is 0.158. The minimum atomic E-state index is -0.546. The number of nitrogens with zero attached hydrogens (tertiary/aromatic N) is 2. The fourth-order valence-electron chi connectivity index (χ4n) is 2.27. The number of esters is 1. The number of methoxy groups -OCH3 is 2. The zero-order valence-electron chi connectivity index (χ0n) is 14.8. The molecule has 2 aromatic rings. The van der Waals surface area contributed by atoms with Gasteiger partial charge in [0.1, 0.15) is 12.2 Å². The molecule has 0 bridgehead atoms. The van der Waals surface area contributed by atoms with Crippen molar-refractivity contribution in [3.63, 3.8) is 0 Å². The summed E-state index contributed by atoms with van der Waals surface area (Å²) in [5, 5.41) is 14.7. The quantitative estimate of drug-likeness (QED) is 0.176. The van der Waals surface area contributed by atoms with Crippen molar-refractivity contribution in [1.82, 2.24) is 0 Å². The average Bonchev–Trinajstić information content (AvgIpc) is 2.69. The molecule has 0 amide bonds. The van der Waals surface area contributed by atoms with Gasteiger partial charge in [-0.25, -0.2) is 4.79 Å². The molecule has 0 fully saturated rings. The number of carbonyl (C=O) groups excluding carboxylic acids is 1. The lowest BCUT2D eigenvalue weighted by Gasteiger charge is -2.08. The van der Waals surface area contributed by atoms with Crippen LogP contribution in [0.1, 0.15) is 16.7 Å². The zero-order valence-corrected chi connectivity index (χ0v) is 14.8. The van der Waals surface area contributed by atoms with Crippen molar-refractivity contribution in [2.24, 2.45) is 5.16 Å². The SMILES string of the molecule is CO/C=C(/C(=O)OC)c1ccccc1/C=N/OCc1cccc([N+](=O)[O-])c1. The van der Waals surface area contributed by atoms with Crippen LogP contribution in [0.15, 0.2) is 59.9 Å². The third-order valence-corrected chi connectivity index (χ3v) is 3.51. The molecule has 8 nitrogen and oxygen atoms in total. The third-order valence-electron chi connectivity index (χ3n) is 3.51. The van der Waals surface area contributed by atoms with Crippen molar-refractivity contribution < 1.29 is 24.0 Å². The molecule has 0 aliphatic heterocycles. The molecule has 0 spiro atoms. The van der Waals surface area contributed by atoms with Crippen molar-refractivity contribution in [2.75, 3.05) is 14.2 Å². The van der Waals surface area contributed by atoms with E-state index in [1.54, 1.807) is 36.4 Å². The molecule has 2 aromatic carbocycles. The molecular weight excluding hydrogens is 352 g/mol. The molecule has 0 N–H and O–H groups in total. The first kappa shape index (κ1) is 19.6. The van der Waals surface area contributed by atoms with Gasteiger partial charge in [-0.2, -0.15) is 0 Å². The summed E-state index contributed by atoms with van der Waals surface area (Å²) in [5.74, 6) is -0.546. The van der Waals surface area contributed by atoms with Gasteiger partial charge in [-0.1, -0.05) is 41.6 Å². The lowest BCUT2D eigenvalue weighted by atomic mass is 10.0. The Bertz CT molecular complexity index is 876. The molecule has 0 aromatic heterocycles. The zero-order chi connectivity index (χ0) is 19.6. The molecule has 0 aliphatic rings. The summed E-state index contributed by atoms with van der Waals surface area (Å²) in [6.07, 6.45) is 2.74. The maximum Gasteiger partial charge on any atom is 0.341 e. The number of rotatable bonds is 8. The maximum atomic E-state index is 12.0. The first-order chi connectivity index (χ1) is 13.1. The number of oxime groups is 1. The largest absolute Gasteiger partial charge is 0.503 e. The van der Waals surface area contributed by atoms with Gasteiger partial charge >= 0.3 is 5.97 Å². The first-order valence-electron chi connectivity index (χ1n) is 7.86. The summed E-state index contributed by atoms with van der Waals surface area (Å²) in [7, 11) is 2.71. The van der Waals surface area contributed by atoms with Crippen molar-refractivity contribution in [2.45, 2.75) is 6.61 Å². The number of benzene rings is 2. The molecule has 0 atom stereocenters. The predicted octanol–water partition coefficient (Wildman–Crippen LogP) is 3.31. The Hall–Kier alpha value is -3.68. The topological polar surface area (TPSA) is 100 Å². The van der Waals surface area contributed by atoms with Gasteiger partial charge in [-0.3, -0.25) is 10.1 Å². The van der Waals surface area contributed by atoms with Gasteiger partial charge in [-0.15, -0.1) is 0 Å². The van der Waals surface area contributed by atoms with Crippen LogP contribution in [-0.2, 0) is 25.7 Å². The molecule has 8 heteroatoms. The minimum absolute atomic E-state index is 0.0159. The molecule has 0 saturated heterocycles. The Morgan fingerprint density at radius 1 is 1.19 bits per heavy atom. The van der Waals surface area contributed by atoms with Crippen molar-refractivity contribution in [3.05, 3.63) is 81.6 Å². The van der Waals surface area contributed by atoms with Gasteiger partial charge in [0.2, 0.25) is 0 Å². The van der Waals surface area contributed by atoms with Crippen molar-refractivity contribution in [3.8, 4) is 0 Å². The van der Waals surface area contributed by atoms with Crippen LogP contribution in [0.5, 0.6) is 0 Å². The number of carbonyl (C=O) groups is 1. The summed E-state index contributed by atoms with van der Waals surface area (Å²) in [4.78, 5) is 27.5. The first-order valence-corrected chi connectivity index (χ1v) is 7.86. The van der Waals surface area contributed by atoms with E-state index in [2.05, 4.69) is 5.16 Å². The van der Waals surface area contributed by atoms with Crippen LogP contribution in [0.3, 0.4) is 0 Å². The number of hydrogen-bond acceptors (Lipinski definition) is 7. The van der Waals surface area contributed by atoms with E-state index in [4.69, 9.17) is 14.3 Å². The normalized spacial score (nSPS) is 11.3. The number of nitro groups is 1. The highest BCUT2D eigenvalue weighted by atomic mass is 16.6. The van der Waals surface area contributed by atoms with Crippen LogP contribution in [0.4, 0.5) is 5.69 Å². The molecule has 0 aliphatic carbocycles. The van der Waals surface area contributed by atoms with E-state index in [1.807, 2.05) is 0 Å². The Morgan fingerprint density at radius 3 is 2.67 bits per heavy atom. The van der Waals surface area contributed by atoms with Crippen LogP contribution in [0, 0.1) is 10.1 Å². The molecule has 0 radical (unpaired) electrons. The predicted molar refractivity (Wildman–Crippen MR) is 98.9 cm³/mol. The average molecular weight is 370 g/mol. The smallest absolute Gasteiger partial charge is 0.341 e. The van der Waals surface area contributed by atoms with Gasteiger partial charge in [0, 0.05) is 23.3 Å². The number of nitro benzene ring substituents is 1. The van der Waals surface area contributed by atoms with E-state index in [-0.39, 0.29) is 17.9 Å². The summed E-state index contributed by atoms with van der Waals surface area (Å²) in [6.45, 7) is 0.0676. The second-order valence-corrected chi connectivity index (χ2v) is 5.28. The lowest BCUT2D eigenvalue weighted by Crippen LogP contribution is -2.06. The molecule has 0 saturated carbocycles. The van der Waals surface area contributed by atoms with Crippen molar-refractivity contribution in [1.29, 1.82) is 0 Å². The number of ether oxygens (including phenoxy) is 2. The second kappa shape index (κ2) is 9.71. The highest BCUT2D eigenvalue weighted by Crippen LogP contribution is 2.20. The summed E-state index contributed by atoms with van der Waals surface area (Å²) < 4.78 is 9.73. The Balaban J connectivity index is 2.14. The molecule has 140 valence electrons. The third kappa shape index (κ3) is 5.40. The van der Waals surface area contributed by atoms with Gasteiger partial charge in [-0.05, 0) is 5.56 Å². The fourth-order valence-corrected chi connectivity index (χ4v) is 2.27. The van der Waals surface area contributed by atoms with E-state index in [0.29, 0.717) is 16.7 Å². The van der Waals surface area contributed by atoms with E-state index in [9.17, 15) is 14.9 Å². The van der Waals surface area contributed by atoms with E-state index < -0.39 is 10.9 Å². The van der Waals surface area contributed by atoms with E-state index in [0.717, 1.165) is 0 Å². The number of hydrogen-bond donors (Lipinski definition) is 0. The van der Waals surface area contributed by atoms with Crippen molar-refractivity contribution >= 4 is 23.4 Å². The molecule has 27 heavy (non-hydrogen) atoms. The minimum Gasteiger partial charge on any atom is -0.503 e. The molecule has 0 unspecified atom stereocenters. The van der Waals surface area contributed by atoms with Crippen LogP contribution < -0.4 is 0 Å².